The van der Waals surface area contributed by atoms with Crippen LogP contribution in [0.15, 0.2) is 23.7 Å². The van der Waals surface area contributed by atoms with Crippen LogP contribution in [0.1, 0.15) is 40.0 Å². The van der Waals surface area contributed by atoms with Crippen LogP contribution in [0.5, 0.6) is 0 Å². The lowest BCUT2D eigenvalue weighted by atomic mass is 10.00. The highest BCUT2D eigenvalue weighted by Gasteiger charge is 2.34. The zero-order valence-corrected chi connectivity index (χ0v) is 15.8. The first kappa shape index (κ1) is 20.8. The fourth-order valence-electron chi connectivity index (χ4n) is 3.39. The van der Waals surface area contributed by atoms with Gasteiger partial charge in [0.15, 0.2) is 6.23 Å². The van der Waals surface area contributed by atoms with Crippen LogP contribution in [0.25, 0.3) is 0 Å². The van der Waals surface area contributed by atoms with Crippen LogP contribution in [0.2, 0.25) is 0 Å². The molecule has 0 aromatic rings. The number of hydrogen-bond acceptors (Lipinski definition) is 5. The van der Waals surface area contributed by atoms with Gasteiger partial charge in [0.05, 0.1) is 6.61 Å². The first-order valence-electron chi connectivity index (χ1n) is 9.38. The van der Waals surface area contributed by atoms with E-state index in [0.717, 1.165) is 0 Å². The fourth-order valence-corrected chi connectivity index (χ4v) is 3.39. The number of rotatable bonds is 8. The van der Waals surface area contributed by atoms with Gasteiger partial charge in [-0.3, -0.25) is 0 Å². The Labute approximate surface area is 154 Å². The average Bonchev–Trinajstić information content (AvgIpc) is 2.99. The van der Waals surface area contributed by atoms with Crippen LogP contribution in [-0.4, -0.2) is 65.6 Å². The second-order valence-corrected chi connectivity index (χ2v) is 7.39. The second-order valence-electron chi connectivity index (χ2n) is 7.39. The SMILES string of the molecule is CCOC(=O)C(CC(C)C)N1C=C(CCN2CC[C@@H](F)C2)C=C(F)C1O. The number of aliphatic hydroxyl groups is 1. The molecule has 1 saturated heterocycles. The fraction of sp³-hybridized carbons (Fsp3) is 0.737. The molecule has 0 aromatic carbocycles. The zero-order chi connectivity index (χ0) is 19.3. The van der Waals surface area contributed by atoms with E-state index in [4.69, 9.17) is 4.74 Å². The summed E-state index contributed by atoms with van der Waals surface area (Å²) in [5.41, 5.74) is 0.674. The largest absolute Gasteiger partial charge is 0.464 e. The maximum atomic E-state index is 14.3. The molecule has 0 radical (unpaired) electrons. The maximum absolute atomic E-state index is 14.3. The molecule has 2 rings (SSSR count). The van der Waals surface area contributed by atoms with E-state index < -0.39 is 30.2 Å². The number of aliphatic hydroxyl groups excluding tert-OH is 1. The van der Waals surface area contributed by atoms with E-state index in [1.807, 2.05) is 18.7 Å². The molecule has 0 aromatic heterocycles. The molecule has 1 fully saturated rings. The van der Waals surface area contributed by atoms with Crippen molar-refractivity contribution in [3.8, 4) is 0 Å². The molecule has 5 nitrogen and oxygen atoms in total. The van der Waals surface area contributed by atoms with E-state index in [1.165, 1.54) is 11.0 Å². The topological polar surface area (TPSA) is 53.0 Å². The highest BCUT2D eigenvalue weighted by Crippen LogP contribution is 2.27. The van der Waals surface area contributed by atoms with Gasteiger partial charge in [-0.05, 0) is 43.8 Å². The number of halogens is 2. The van der Waals surface area contributed by atoms with Gasteiger partial charge in [0.2, 0.25) is 0 Å². The standard InChI is InChI=1S/C19H30F2N2O3/c1-4-26-19(25)17(9-13(2)3)23-11-14(10-16(21)18(23)24)5-7-22-8-6-15(20)12-22/h10-11,13,15,17-18,24H,4-9,12H2,1-3H3/t15-,17?,18?/m1/s1. The number of carbonyl (C=O) groups is 1. The van der Waals surface area contributed by atoms with E-state index in [-0.39, 0.29) is 12.5 Å². The van der Waals surface area contributed by atoms with Gasteiger partial charge >= 0.3 is 5.97 Å². The minimum Gasteiger partial charge on any atom is -0.464 e. The van der Waals surface area contributed by atoms with Gasteiger partial charge < -0.3 is 19.6 Å². The number of alkyl halides is 1. The number of carbonyl (C=O) groups excluding carboxylic acids is 1. The average molecular weight is 372 g/mol. The smallest absolute Gasteiger partial charge is 0.328 e. The van der Waals surface area contributed by atoms with E-state index in [2.05, 4.69) is 0 Å². The summed E-state index contributed by atoms with van der Waals surface area (Å²) in [4.78, 5) is 15.7. The Balaban J connectivity index is 2.11. The summed E-state index contributed by atoms with van der Waals surface area (Å²) >= 11 is 0. The molecule has 3 atom stereocenters. The minimum absolute atomic E-state index is 0.175. The van der Waals surface area contributed by atoms with Crippen molar-refractivity contribution < 1.29 is 23.4 Å². The number of ether oxygens (including phenoxy) is 1. The van der Waals surface area contributed by atoms with Gasteiger partial charge in [0.25, 0.3) is 0 Å². The highest BCUT2D eigenvalue weighted by molar-refractivity contribution is 5.76. The summed E-state index contributed by atoms with van der Waals surface area (Å²) in [7, 11) is 0. The van der Waals surface area contributed by atoms with Crippen LogP contribution in [-0.2, 0) is 9.53 Å². The normalized spacial score (nSPS) is 25.3. The molecule has 2 unspecified atom stereocenters. The molecule has 26 heavy (non-hydrogen) atoms. The van der Waals surface area contributed by atoms with Gasteiger partial charge in [-0.15, -0.1) is 0 Å². The lowest BCUT2D eigenvalue weighted by molar-refractivity contribution is -0.152. The molecule has 2 aliphatic rings. The monoisotopic (exact) mass is 372 g/mol. The Morgan fingerprint density at radius 3 is 2.77 bits per heavy atom. The molecule has 1 N–H and O–H groups in total. The van der Waals surface area contributed by atoms with Crippen molar-refractivity contribution in [3.63, 3.8) is 0 Å². The van der Waals surface area contributed by atoms with Gasteiger partial charge in [-0.2, -0.15) is 0 Å². The molecule has 148 valence electrons. The number of esters is 1. The summed E-state index contributed by atoms with van der Waals surface area (Å²) in [6.45, 7) is 7.59. The van der Waals surface area contributed by atoms with Gasteiger partial charge in [0.1, 0.15) is 18.0 Å². The quantitative estimate of drug-likeness (QED) is 0.664. The second kappa shape index (κ2) is 9.46. The van der Waals surface area contributed by atoms with Crippen molar-refractivity contribution in [1.82, 2.24) is 9.80 Å². The van der Waals surface area contributed by atoms with Crippen molar-refractivity contribution >= 4 is 5.97 Å². The van der Waals surface area contributed by atoms with Gasteiger partial charge in [0, 0.05) is 25.8 Å². The van der Waals surface area contributed by atoms with Crippen LogP contribution in [0.4, 0.5) is 8.78 Å². The Morgan fingerprint density at radius 1 is 1.46 bits per heavy atom. The highest BCUT2D eigenvalue weighted by atomic mass is 19.1. The van der Waals surface area contributed by atoms with Crippen LogP contribution in [0, 0.1) is 5.92 Å². The molecule has 2 heterocycles. The lowest BCUT2D eigenvalue weighted by Gasteiger charge is -2.36. The third-order valence-electron chi connectivity index (χ3n) is 4.71. The Bertz CT molecular complexity index is 551. The van der Waals surface area contributed by atoms with E-state index in [0.29, 0.717) is 44.5 Å². The first-order valence-corrected chi connectivity index (χ1v) is 9.38. The molecule has 2 aliphatic heterocycles. The summed E-state index contributed by atoms with van der Waals surface area (Å²) in [5, 5.41) is 10.2. The lowest BCUT2D eigenvalue weighted by Crippen LogP contribution is -2.47. The van der Waals surface area contributed by atoms with Crippen molar-refractivity contribution in [3.05, 3.63) is 23.7 Å². The third-order valence-corrected chi connectivity index (χ3v) is 4.71. The molecule has 0 aliphatic carbocycles. The molecule has 7 heteroatoms. The van der Waals surface area contributed by atoms with Crippen molar-refractivity contribution in [2.45, 2.75) is 58.5 Å². The number of hydrogen-bond donors (Lipinski definition) is 1. The molecule has 0 amide bonds. The molecular weight excluding hydrogens is 342 g/mol. The summed E-state index contributed by atoms with van der Waals surface area (Å²) in [6, 6.07) is -0.749. The van der Waals surface area contributed by atoms with Crippen LogP contribution >= 0.6 is 0 Å². The molecular formula is C19H30F2N2O3. The third kappa shape index (κ3) is 5.51. The summed E-state index contributed by atoms with van der Waals surface area (Å²) < 4.78 is 32.7. The zero-order valence-electron chi connectivity index (χ0n) is 15.8. The Hall–Kier alpha value is -1.47. The minimum atomic E-state index is -1.49. The van der Waals surface area contributed by atoms with Crippen molar-refractivity contribution in [1.29, 1.82) is 0 Å². The number of likely N-dealkylation sites (tertiary alicyclic amines) is 1. The van der Waals surface area contributed by atoms with E-state index in [9.17, 15) is 18.7 Å². The first-order chi connectivity index (χ1) is 12.3. The summed E-state index contributed by atoms with van der Waals surface area (Å²) in [6.07, 6.45) is 2.17. The van der Waals surface area contributed by atoms with Crippen LogP contribution in [0.3, 0.4) is 0 Å². The summed E-state index contributed by atoms with van der Waals surface area (Å²) in [5.74, 6) is -0.982. The van der Waals surface area contributed by atoms with E-state index >= 15 is 0 Å². The molecule has 0 saturated carbocycles. The predicted octanol–water partition coefficient (Wildman–Crippen LogP) is 2.77. The van der Waals surface area contributed by atoms with Gasteiger partial charge in [-0.1, -0.05) is 13.8 Å². The van der Waals surface area contributed by atoms with Gasteiger partial charge in [-0.25, -0.2) is 13.6 Å². The Kier molecular flexibility index (Phi) is 7.58. The maximum Gasteiger partial charge on any atom is 0.328 e. The predicted molar refractivity (Wildman–Crippen MR) is 95.6 cm³/mol. The van der Waals surface area contributed by atoms with Crippen molar-refractivity contribution in [2.24, 2.45) is 5.92 Å². The van der Waals surface area contributed by atoms with Crippen molar-refractivity contribution in [2.75, 3.05) is 26.2 Å². The molecule has 0 spiro atoms. The molecule has 0 bridgehead atoms. The van der Waals surface area contributed by atoms with Crippen LogP contribution < -0.4 is 0 Å². The number of nitrogens with zero attached hydrogens (tertiary/aromatic N) is 2. The Morgan fingerprint density at radius 2 is 2.19 bits per heavy atom. The van der Waals surface area contributed by atoms with E-state index in [1.54, 1.807) is 13.1 Å². The number of allylic oxidation sites excluding steroid dienone is 1.